The van der Waals surface area contributed by atoms with Crippen molar-refractivity contribution in [3.63, 3.8) is 0 Å². The van der Waals surface area contributed by atoms with Crippen molar-refractivity contribution in [3.8, 4) is 5.75 Å². The van der Waals surface area contributed by atoms with Gasteiger partial charge in [-0.1, -0.05) is 18.2 Å². The molecule has 4 nitrogen and oxygen atoms in total. The van der Waals surface area contributed by atoms with Crippen molar-refractivity contribution in [1.29, 1.82) is 0 Å². The van der Waals surface area contributed by atoms with E-state index in [1.54, 1.807) is 6.92 Å². The van der Waals surface area contributed by atoms with Crippen molar-refractivity contribution < 1.29 is 9.90 Å². The van der Waals surface area contributed by atoms with Crippen LogP contribution in [0.25, 0.3) is 0 Å². The molecular weight excluding hydrogens is 240 g/mol. The lowest BCUT2D eigenvalue weighted by Crippen LogP contribution is -2.33. The van der Waals surface area contributed by atoms with Gasteiger partial charge in [0.15, 0.2) is 0 Å². The maximum Gasteiger partial charge on any atom is 0.219 e. The van der Waals surface area contributed by atoms with E-state index in [1.807, 2.05) is 30.0 Å². The second kappa shape index (κ2) is 6.06. The van der Waals surface area contributed by atoms with Crippen molar-refractivity contribution in [2.24, 2.45) is 0 Å². The Morgan fingerprint density at radius 3 is 2.79 bits per heavy atom. The number of aryl methyl sites for hydroxylation is 1. The maximum absolute atomic E-state index is 11.4. The van der Waals surface area contributed by atoms with Gasteiger partial charge in [-0.2, -0.15) is 0 Å². The molecule has 0 bridgehead atoms. The standard InChI is InChI=1S/C15H22N2O2/c1-12-5-3-6-14(15(12)19)11-16-7-4-8-17(10-9-16)13(2)18/h3,5-6,19H,4,7-11H2,1-2H3. The van der Waals surface area contributed by atoms with Gasteiger partial charge in [-0.05, 0) is 18.9 Å². The molecule has 1 fully saturated rings. The third-order valence-corrected chi connectivity index (χ3v) is 3.75. The lowest BCUT2D eigenvalue weighted by molar-refractivity contribution is -0.128. The van der Waals surface area contributed by atoms with E-state index < -0.39 is 0 Å². The van der Waals surface area contributed by atoms with Crippen molar-refractivity contribution in [3.05, 3.63) is 29.3 Å². The first-order valence-corrected chi connectivity index (χ1v) is 6.83. The first kappa shape index (κ1) is 13.9. The largest absolute Gasteiger partial charge is 0.507 e. The van der Waals surface area contributed by atoms with Crippen LogP contribution in [0.3, 0.4) is 0 Å². The van der Waals surface area contributed by atoms with Gasteiger partial charge in [0, 0.05) is 45.2 Å². The summed E-state index contributed by atoms with van der Waals surface area (Å²) in [5.74, 6) is 0.551. The number of nitrogens with zero attached hydrogens (tertiary/aromatic N) is 2. The van der Waals surface area contributed by atoms with Crippen LogP contribution in [0.5, 0.6) is 5.75 Å². The van der Waals surface area contributed by atoms with Crippen molar-refractivity contribution >= 4 is 5.91 Å². The Morgan fingerprint density at radius 2 is 2.05 bits per heavy atom. The predicted octanol–water partition coefficient (Wildman–Crippen LogP) is 1.75. The van der Waals surface area contributed by atoms with Gasteiger partial charge in [-0.3, -0.25) is 9.69 Å². The molecule has 0 saturated carbocycles. The number of rotatable bonds is 2. The molecule has 4 heteroatoms. The van der Waals surface area contributed by atoms with Gasteiger partial charge in [-0.15, -0.1) is 0 Å². The molecule has 1 N–H and O–H groups in total. The normalized spacial score (nSPS) is 17.3. The molecule has 2 rings (SSSR count). The number of phenols is 1. The number of hydrogen-bond acceptors (Lipinski definition) is 3. The molecule has 0 unspecified atom stereocenters. The van der Waals surface area contributed by atoms with Crippen LogP contribution in [0.2, 0.25) is 0 Å². The quantitative estimate of drug-likeness (QED) is 0.883. The molecule has 19 heavy (non-hydrogen) atoms. The SMILES string of the molecule is CC(=O)N1CCCN(Cc2cccc(C)c2O)CC1. The fraction of sp³-hybridized carbons (Fsp3) is 0.533. The van der Waals surface area contributed by atoms with Gasteiger partial charge in [0.1, 0.15) is 5.75 Å². The van der Waals surface area contributed by atoms with E-state index >= 15 is 0 Å². The summed E-state index contributed by atoms with van der Waals surface area (Å²) in [7, 11) is 0. The number of benzene rings is 1. The third-order valence-electron chi connectivity index (χ3n) is 3.75. The van der Waals surface area contributed by atoms with Gasteiger partial charge in [0.2, 0.25) is 5.91 Å². The smallest absolute Gasteiger partial charge is 0.219 e. The minimum atomic E-state index is 0.153. The second-order valence-corrected chi connectivity index (χ2v) is 5.22. The van der Waals surface area contributed by atoms with Gasteiger partial charge >= 0.3 is 0 Å². The number of phenolic OH excluding ortho intramolecular Hbond substituents is 1. The Balaban J connectivity index is 2.00. The van der Waals surface area contributed by atoms with Crippen molar-refractivity contribution in [2.75, 3.05) is 26.2 Å². The summed E-state index contributed by atoms with van der Waals surface area (Å²) < 4.78 is 0. The Hall–Kier alpha value is -1.55. The Kier molecular flexibility index (Phi) is 4.43. The highest BCUT2D eigenvalue weighted by Gasteiger charge is 2.17. The number of aromatic hydroxyl groups is 1. The van der Waals surface area contributed by atoms with Crippen LogP contribution in [0, 0.1) is 6.92 Å². The zero-order valence-electron chi connectivity index (χ0n) is 11.7. The molecule has 0 radical (unpaired) electrons. The van der Waals surface area contributed by atoms with E-state index in [-0.39, 0.29) is 5.91 Å². The lowest BCUT2D eigenvalue weighted by atomic mass is 10.1. The highest BCUT2D eigenvalue weighted by Crippen LogP contribution is 2.23. The minimum absolute atomic E-state index is 0.153. The minimum Gasteiger partial charge on any atom is -0.507 e. The molecule has 0 atom stereocenters. The molecule has 0 spiro atoms. The van der Waals surface area contributed by atoms with Crippen LogP contribution in [-0.2, 0) is 11.3 Å². The topological polar surface area (TPSA) is 43.8 Å². The Bertz CT molecular complexity index is 459. The number of carbonyl (C=O) groups is 1. The molecule has 0 aliphatic carbocycles. The summed E-state index contributed by atoms with van der Waals surface area (Å²) in [6.07, 6.45) is 0.992. The van der Waals surface area contributed by atoms with Crippen LogP contribution < -0.4 is 0 Å². The van der Waals surface area contributed by atoms with E-state index in [2.05, 4.69) is 4.90 Å². The molecule has 0 aromatic heterocycles. The Labute approximate surface area is 114 Å². The molecule has 1 saturated heterocycles. The van der Waals surface area contributed by atoms with Crippen LogP contribution in [0.15, 0.2) is 18.2 Å². The zero-order valence-corrected chi connectivity index (χ0v) is 11.7. The van der Waals surface area contributed by atoms with Crippen LogP contribution in [0.1, 0.15) is 24.5 Å². The monoisotopic (exact) mass is 262 g/mol. The van der Waals surface area contributed by atoms with Gasteiger partial charge < -0.3 is 10.0 Å². The summed E-state index contributed by atoms with van der Waals surface area (Å²) in [6, 6.07) is 5.86. The van der Waals surface area contributed by atoms with E-state index in [9.17, 15) is 9.90 Å². The summed E-state index contributed by atoms with van der Waals surface area (Å²) in [6.45, 7) is 7.75. The molecule has 1 aliphatic heterocycles. The average molecular weight is 262 g/mol. The van der Waals surface area contributed by atoms with E-state index in [1.165, 1.54) is 0 Å². The number of hydrogen-bond donors (Lipinski definition) is 1. The fourth-order valence-corrected chi connectivity index (χ4v) is 2.53. The summed E-state index contributed by atoms with van der Waals surface area (Å²) >= 11 is 0. The summed E-state index contributed by atoms with van der Waals surface area (Å²) in [5.41, 5.74) is 1.88. The molecule has 1 aromatic rings. The maximum atomic E-state index is 11.4. The van der Waals surface area contributed by atoms with Crippen molar-refractivity contribution in [1.82, 2.24) is 9.80 Å². The van der Waals surface area contributed by atoms with Gasteiger partial charge in [0.25, 0.3) is 0 Å². The van der Waals surface area contributed by atoms with E-state index in [4.69, 9.17) is 0 Å². The number of amides is 1. The molecule has 1 heterocycles. The molecule has 1 amide bonds. The van der Waals surface area contributed by atoms with Crippen LogP contribution in [-0.4, -0.2) is 47.0 Å². The highest BCUT2D eigenvalue weighted by atomic mass is 16.3. The van der Waals surface area contributed by atoms with Gasteiger partial charge in [0.05, 0.1) is 0 Å². The molecule has 104 valence electrons. The lowest BCUT2D eigenvalue weighted by Gasteiger charge is -2.21. The average Bonchev–Trinajstić information content (AvgIpc) is 2.60. The van der Waals surface area contributed by atoms with E-state index in [0.717, 1.165) is 50.3 Å². The fourth-order valence-electron chi connectivity index (χ4n) is 2.53. The predicted molar refractivity (Wildman–Crippen MR) is 75.0 cm³/mol. The van der Waals surface area contributed by atoms with Gasteiger partial charge in [-0.25, -0.2) is 0 Å². The Morgan fingerprint density at radius 1 is 1.26 bits per heavy atom. The molecular formula is C15H22N2O2. The molecule has 1 aromatic carbocycles. The number of para-hydroxylation sites is 1. The van der Waals surface area contributed by atoms with E-state index in [0.29, 0.717) is 5.75 Å². The second-order valence-electron chi connectivity index (χ2n) is 5.22. The zero-order chi connectivity index (χ0) is 13.8. The third kappa shape index (κ3) is 3.47. The van der Waals surface area contributed by atoms with Crippen molar-refractivity contribution in [2.45, 2.75) is 26.8 Å². The highest BCUT2D eigenvalue weighted by molar-refractivity contribution is 5.73. The summed E-state index contributed by atoms with van der Waals surface area (Å²) in [5, 5.41) is 10.0. The van der Waals surface area contributed by atoms with Crippen LogP contribution >= 0.6 is 0 Å². The number of carbonyl (C=O) groups excluding carboxylic acids is 1. The first-order valence-electron chi connectivity index (χ1n) is 6.83. The first-order chi connectivity index (χ1) is 9.08. The molecule has 1 aliphatic rings. The van der Waals surface area contributed by atoms with Crippen LogP contribution in [0.4, 0.5) is 0 Å². The summed E-state index contributed by atoms with van der Waals surface area (Å²) in [4.78, 5) is 15.6.